The average Bonchev–Trinajstić information content (AvgIpc) is 0.811. The molecule has 0 aromatic carbocycles. The molecule has 0 rings (SSSR count). The molecule has 0 spiro atoms. The fourth-order valence-corrected chi connectivity index (χ4v) is 0. The third kappa shape index (κ3) is 73.3. The fourth-order valence-electron chi connectivity index (χ4n) is 0. The summed E-state index contributed by atoms with van der Waals surface area (Å²) in [7, 11) is -0.667. The van der Waals surface area contributed by atoms with Gasteiger partial charge in [-0.15, -0.1) is 0 Å². The second kappa shape index (κ2) is 4.68. The first-order valence-electron chi connectivity index (χ1n) is 1.37. The van der Waals surface area contributed by atoms with Crippen LogP contribution in [0.2, 0.25) is 13.1 Å². The van der Waals surface area contributed by atoms with Gasteiger partial charge in [0.15, 0.2) is 0 Å². The van der Waals surface area contributed by atoms with E-state index in [2.05, 4.69) is 13.1 Å². The van der Waals surface area contributed by atoms with Crippen LogP contribution in [0.15, 0.2) is 0 Å². The van der Waals surface area contributed by atoms with Crippen molar-refractivity contribution in [2.75, 3.05) is 0 Å². The van der Waals surface area contributed by atoms with Crippen LogP contribution in [0, 0.1) is 0 Å². The maximum absolute atomic E-state index is 5.41. The monoisotopic (exact) mass is 105 g/mol. The zero-order valence-corrected chi connectivity index (χ0v) is 4.87. The summed E-state index contributed by atoms with van der Waals surface area (Å²) in [5.74, 6) is 0. The Morgan fingerprint density at radius 3 is 1.40 bits per heavy atom. The third-order valence-electron chi connectivity index (χ3n) is 0. The minimum absolute atomic E-state index is 0. The Kier molecular flexibility index (Phi) is 8.59. The van der Waals surface area contributed by atoms with Crippen molar-refractivity contribution in [2.24, 2.45) is 0 Å². The molecule has 0 atom stereocenters. The molecule has 3 heteroatoms. The Morgan fingerprint density at radius 2 is 1.40 bits per heavy atom. The molecule has 0 aromatic rings. The number of hydrogen-bond acceptors (Lipinski definition) is 0. The molecular weight excluding hydrogens is 96.6 g/mol. The van der Waals surface area contributed by atoms with Gasteiger partial charge < -0.3 is 0 Å². The van der Waals surface area contributed by atoms with Crippen molar-refractivity contribution in [3.8, 4) is 0 Å². The van der Waals surface area contributed by atoms with Gasteiger partial charge in [0, 0.05) is 0 Å². The van der Waals surface area contributed by atoms with Gasteiger partial charge in [-0.2, -0.15) is 11.1 Å². The first-order valence-corrected chi connectivity index (χ1v) is 5.43. The molecule has 0 fully saturated rings. The molecule has 0 aliphatic carbocycles. The van der Waals surface area contributed by atoms with Crippen molar-refractivity contribution in [2.45, 2.75) is 13.1 Å². The van der Waals surface area contributed by atoms with E-state index >= 15 is 0 Å². The van der Waals surface area contributed by atoms with Crippen LogP contribution < -0.4 is 0 Å². The van der Waals surface area contributed by atoms with Crippen molar-refractivity contribution in [1.82, 2.24) is 0 Å². The molecule has 0 N–H and O–H groups in total. The molecule has 0 radical (unpaired) electrons. The molecule has 0 saturated carbocycles. The van der Waals surface area contributed by atoms with Crippen molar-refractivity contribution in [3.05, 3.63) is 0 Å². The topological polar surface area (TPSA) is 0 Å². The van der Waals surface area contributed by atoms with Crippen molar-refractivity contribution < 1.29 is 0 Å². The van der Waals surface area contributed by atoms with Crippen LogP contribution >= 0.6 is 11.1 Å². The summed E-state index contributed by atoms with van der Waals surface area (Å²) in [6.07, 6.45) is 0. The molecule has 0 nitrogen and oxygen atoms in total. The van der Waals surface area contributed by atoms with E-state index in [1.807, 2.05) is 0 Å². The van der Waals surface area contributed by atoms with Crippen molar-refractivity contribution >= 4 is 29.3 Å². The van der Waals surface area contributed by atoms with Crippen LogP contribution in [0.5, 0.6) is 0 Å². The second-order valence-corrected chi connectivity index (χ2v) is 5.66. The van der Waals surface area contributed by atoms with Gasteiger partial charge in [0.25, 0.3) is 0 Å². The van der Waals surface area contributed by atoms with Crippen molar-refractivity contribution in [3.63, 3.8) is 0 Å². The number of halogens is 1. The van der Waals surface area contributed by atoms with Gasteiger partial charge in [0.05, 0.1) is 0 Å². The van der Waals surface area contributed by atoms with Gasteiger partial charge in [-0.25, -0.2) is 0 Å². The fraction of sp³-hybridized carbons (Fsp3) is 1.00. The van der Waals surface area contributed by atoms with Crippen LogP contribution in [0.1, 0.15) is 0 Å². The molecule has 0 saturated heterocycles. The van der Waals surface area contributed by atoms with Crippen LogP contribution in [-0.4, -0.2) is 18.2 Å². The molecule has 30 valence electrons. The summed E-state index contributed by atoms with van der Waals surface area (Å²) < 4.78 is 0. The van der Waals surface area contributed by atoms with Gasteiger partial charge in [-0.1, -0.05) is 13.1 Å². The molecule has 5 heavy (non-hydrogen) atoms. The van der Waals surface area contributed by atoms with E-state index in [0.29, 0.717) is 0 Å². The Hall–Kier alpha value is 0.676. The second-order valence-electron chi connectivity index (χ2n) is 1.01. The molecular formula is C2H9BeClSi. The van der Waals surface area contributed by atoms with E-state index < -0.39 is 8.11 Å². The standard InChI is InChI=1S/C2H7ClSi.Be.2H/c1-4(2)3;;;/h4H,1-2H3;;;. The molecule has 0 amide bonds. The van der Waals surface area contributed by atoms with Gasteiger partial charge in [0.1, 0.15) is 8.11 Å². The predicted octanol–water partition coefficient (Wildman–Crippen LogP) is 0.292. The van der Waals surface area contributed by atoms with E-state index in [1.54, 1.807) is 0 Å². The Balaban J connectivity index is 0. The average molecular weight is 106 g/mol. The summed E-state index contributed by atoms with van der Waals surface area (Å²) in [5.41, 5.74) is 0. The van der Waals surface area contributed by atoms with Crippen LogP contribution in [0.25, 0.3) is 0 Å². The van der Waals surface area contributed by atoms with E-state index in [-0.39, 0.29) is 10.1 Å². The van der Waals surface area contributed by atoms with Crippen LogP contribution in [0.3, 0.4) is 0 Å². The van der Waals surface area contributed by atoms with E-state index in [1.165, 1.54) is 0 Å². The summed E-state index contributed by atoms with van der Waals surface area (Å²) in [6, 6.07) is 0. The van der Waals surface area contributed by atoms with Crippen molar-refractivity contribution in [1.29, 1.82) is 0 Å². The van der Waals surface area contributed by atoms with Gasteiger partial charge >= 0.3 is 10.1 Å². The molecule has 0 aliphatic heterocycles. The minimum atomic E-state index is -0.667. The molecule has 0 aromatic heterocycles. The molecule has 0 unspecified atom stereocenters. The number of rotatable bonds is 0. The Labute approximate surface area is 43.1 Å². The maximum atomic E-state index is 5.41. The van der Waals surface area contributed by atoms with E-state index in [4.69, 9.17) is 11.1 Å². The quantitative estimate of drug-likeness (QED) is 0.307. The summed E-state index contributed by atoms with van der Waals surface area (Å²) in [5, 5.41) is 0. The van der Waals surface area contributed by atoms with Gasteiger partial charge in [-0.3, -0.25) is 0 Å². The van der Waals surface area contributed by atoms with Gasteiger partial charge in [0.2, 0.25) is 0 Å². The summed E-state index contributed by atoms with van der Waals surface area (Å²) in [4.78, 5) is 0. The Bertz CT molecular complexity index is 14.4. The zero-order valence-electron chi connectivity index (χ0n) is 2.96. The SMILES string of the molecule is C[SiH](C)Cl.[BeH2]. The normalized spacial score (nSPS) is 7.20. The van der Waals surface area contributed by atoms with Gasteiger partial charge in [-0.05, 0) is 0 Å². The first kappa shape index (κ1) is 9.18. The molecule has 0 heterocycles. The number of hydrogen-bond donors (Lipinski definition) is 0. The summed E-state index contributed by atoms with van der Waals surface area (Å²) >= 11 is 5.41. The zero-order chi connectivity index (χ0) is 3.58. The molecule has 0 aliphatic rings. The predicted molar refractivity (Wildman–Crippen MR) is 33.3 cm³/mol. The first-order chi connectivity index (χ1) is 1.73. The van der Waals surface area contributed by atoms with E-state index in [9.17, 15) is 0 Å². The summed E-state index contributed by atoms with van der Waals surface area (Å²) in [6.45, 7) is 4.14. The molecule has 0 bridgehead atoms. The van der Waals surface area contributed by atoms with Crippen LogP contribution in [0.4, 0.5) is 0 Å². The Morgan fingerprint density at radius 1 is 1.40 bits per heavy atom. The third-order valence-corrected chi connectivity index (χ3v) is 0. The van der Waals surface area contributed by atoms with E-state index in [0.717, 1.165) is 0 Å². The van der Waals surface area contributed by atoms with Crippen LogP contribution in [-0.2, 0) is 0 Å².